The van der Waals surface area contributed by atoms with Crippen molar-refractivity contribution in [2.45, 2.75) is 375 Å². The highest BCUT2D eigenvalue weighted by molar-refractivity contribution is 7.47. The third-order valence-electron chi connectivity index (χ3n) is 16.9. The first kappa shape index (κ1) is 89.1. The smallest absolute Gasteiger partial charge is 0.462 e. The van der Waals surface area contributed by atoms with Gasteiger partial charge in [-0.3, -0.25) is 37.3 Å². The summed E-state index contributed by atoms with van der Waals surface area (Å²) in [4.78, 5) is 72.6. The number of ether oxygens (including phenoxy) is 4. The van der Waals surface area contributed by atoms with Crippen LogP contribution in [0.5, 0.6) is 0 Å². The van der Waals surface area contributed by atoms with Gasteiger partial charge in [-0.2, -0.15) is 0 Å². The van der Waals surface area contributed by atoms with Gasteiger partial charge in [0.2, 0.25) is 0 Å². The molecule has 0 radical (unpaired) electrons. The quantitative estimate of drug-likeness (QED) is 0.0222. The van der Waals surface area contributed by atoms with Crippen LogP contribution in [0.4, 0.5) is 0 Å². The number of hydrogen-bond acceptors (Lipinski definition) is 15. The molecule has 0 aromatic carbocycles. The molecule has 3 N–H and O–H groups in total. The van der Waals surface area contributed by atoms with E-state index in [1.807, 2.05) is 0 Å². The van der Waals surface area contributed by atoms with Gasteiger partial charge in [0.15, 0.2) is 12.2 Å². The second kappa shape index (κ2) is 61.6. The molecule has 0 spiro atoms. The maximum absolute atomic E-state index is 13.0. The molecule has 4 unspecified atom stereocenters. The number of aliphatic hydroxyl groups excluding tert-OH is 1. The molecule has 91 heavy (non-hydrogen) atoms. The lowest BCUT2D eigenvalue weighted by molar-refractivity contribution is -0.161. The Morgan fingerprint density at radius 1 is 0.308 bits per heavy atom. The van der Waals surface area contributed by atoms with Gasteiger partial charge in [-0.1, -0.05) is 306 Å². The lowest BCUT2D eigenvalue weighted by Gasteiger charge is -2.21. The standard InChI is InChI=1S/C72H140O17P2/c1-9-65(8)51-43-35-30-31-39-47-55-72(77)89-68(59-82-69(74)52-44-36-27-21-18-17-20-25-33-41-49-63(4)5)61-87-91(80,81)85-57-66(73)56-84-90(78,79)86-60-67(58-83-70(75)53-45-37-29-23-26-34-42-50-64(6)7)88-71(76)54-46-38-28-22-16-14-12-10-11-13-15-19-24-32-40-48-62(2)3/h62-68,73H,9-61H2,1-8H3,(H,78,79)(H,80,81)/t65?,66?,67-,68-/m1/s1. The van der Waals surface area contributed by atoms with Gasteiger partial charge in [0.1, 0.15) is 19.3 Å². The van der Waals surface area contributed by atoms with Crippen LogP contribution < -0.4 is 0 Å². The van der Waals surface area contributed by atoms with Gasteiger partial charge in [-0.15, -0.1) is 0 Å². The predicted molar refractivity (Wildman–Crippen MR) is 367 cm³/mol. The van der Waals surface area contributed by atoms with Crippen molar-refractivity contribution in [3.8, 4) is 0 Å². The molecule has 0 saturated heterocycles. The lowest BCUT2D eigenvalue weighted by atomic mass is 10.00. The number of aliphatic hydroxyl groups is 1. The average molecular weight is 1340 g/mol. The highest BCUT2D eigenvalue weighted by Gasteiger charge is 2.30. The zero-order valence-corrected chi connectivity index (χ0v) is 61.3. The fraction of sp³-hybridized carbons (Fsp3) is 0.944. The molecule has 0 bridgehead atoms. The highest BCUT2D eigenvalue weighted by Crippen LogP contribution is 2.45. The summed E-state index contributed by atoms with van der Waals surface area (Å²) >= 11 is 0. The van der Waals surface area contributed by atoms with Gasteiger partial charge in [-0.05, 0) is 49.4 Å². The molecule has 0 fully saturated rings. The van der Waals surface area contributed by atoms with Crippen molar-refractivity contribution in [3.05, 3.63) is 0 Å². The van der Waals surface area contributed by atoms with Crippen molar-refractivity contribution in [2.24, 2.45) is 23.7 Å². The minimum Gasteiger partial charge on any atom is -0.462 e. The van der Waals surface area contributed by atoms with Gasteiger partial charge >= 0.3 is 39.5 Å². The number of phosphoric ester groups is 2. The van der Waals surface area contributed by atoms with Gasteiger partial charge in [0.05, 0.1) is 26.4 Å². The van der Waals surface area contributed by atoms with E-state index >= 15 is 0 Å². The topological polar surface area (TPSA) is 237 Å². The molecule has 17 nitrogen and oxygen atoms in total. The molecule has 6 atom stereocenters. The number of carbonyl (C=O) groups is 4. The summed E-state index contributed by atoms with van der Waals surface area (Å²) in [6.07, 6.45) is 44.6. The van der Waals surface area contributed by atoms with Crippen LogP contribution in [0.3, 0.4) is 0 Å². The minimum absolute atomic E-state index is 0.102. The SMILES string of the molecule is CCC(C)CCCCCCCCC(=O)O[C@H](COC(=O)CCCCCCCCCCCCC(C)C)COP(=O)(O)OCC(O)COP(=O)(O)OC[C@@H](COC(=O)CCCCCCCCCC(C)C)OC(=O)CCCCCCCCCCCCCCCCCC(C)C. The summed E-state index contributed by atoms with van der Waals surface area (Å²) in [7, 11) is -9.90. The minimum atomic E-state index is -4.95. The van der Waals surface area contributed by atoms with Crippen LogP contribution in [-0.4, -0.2) is 96.7 Å². The number of esters is 4. The highest BCUT2D eigenvalue weighted by atomic mass is 31.2. The van der Waals surface area contributed by atoms with Gasteiger partial charge in [0.25, 0.3) is 0 Å². The first-order valence-electron chi connectivity index (χ1n) is 37.2. The maximum Gasteiger partial charge on any atom is 0.472 e. The molecule has 0 rings (SSSR count). The van der Waals surface area contributed by atoms with Crippen molar-refractivity contribution in [3.63, 3.8) is 0 Å². The predicted octanol–water partition coefficient (Wildman–Crippen LogP) is 20.5. The van der Waals surface area contributed by atoms with Gasteiger partial charge in [0, 0.05) is 25.7 Å². The van der Waals surface area contributed by atoms with Crippen molar-refractivity contribution in [1.82, 2.24) is 0 Å². The largest absolute Gasteiger partial charge is 0.472 e. The number of rotatable bonds is 69. The van der Waals surface area contributed by atoms with Crippen molar-refractivity contribution in [1.29, 1.82) is 0 Å². The summed E-state index contributed by atoms with van der Waals surface area (Å²) in [6, 6.07) is 0. The van der Waals surface area contributed by atoms with E-state index in [0.29, 0.717) is 31.6 Å². The number of unbranched alkanes of at least 4 members (excludes halogenated alkanes) is 34. The van der Waals surface area contributed by atoms with Crippen LogP contribution in [0.25, 0.3) is 0 Å². The molecule has 0 heterocycles. The zero-order valence-electron chi connectivity index (χ0n) is 59.5. The summed E-state index contributed by atoms with van der Waals surface area (Å²) in [5.41, 5.74) is 0. The van der Waals surface area contributed by atoms with E-state index < -0.39 is 97.5 Å². The maximum atomic E-state index is 13.0. The third kappa shape index (κ3) is 65.1. The first-order chi connectivity index (χ1) is 43.6. The molecule has 0 aliphatic carbocycles. The third-order valence-corrected chi connectivity index (χ3v) is 18.8. The van der Waals surface area contributed by atoms with E-state index in [1.54, 1.807) is 0 Å². The molecule has 0 aliphatic rings. The van der Waals surface area contributed by atoms with E-state index in [1.165, 1.54) is 154 Å². The van der Waals surface area contributed by atoms with Gasteiger partial charge < -0.3 is 33.8 Å². The van der Waals surface area contributed by atoms with Crippen molar-refractivity contribution >= 4 is 39.5 Å². The molecule has 0 aromatic rings. The van der Waals surface area contributed by atoms with E-state index in [2.05, 4.69) is 55.4 Å². The molecule has 540 valence electrons. The zero-order chi connectivity index (χ0) is 67.5. The molecule has 0 amide bonds. The summed E-state index contributed by atoms with van der Waals surface area (Å²) in [5.74, 6) is 0.856. The van der Waals surface area contributed by atoms with E-state index in [-0.39, 0.29) is 25.7 Å². The van der Waals surface area contributed by atoms with E-state index in [0.717, 1.165) is 114 Å². The van der Waals surface area contributed by atoms with Crippen molar-refractivity contribution in [2.75, 3.05) is 39.6 Å². The Kier molecular flexibility index (Phi) is 60.3. The Hall–Kier alpha value is -1.94. The second-order valence-corrected chi connectivity index (χ2v) is 30.6. The molecule has 0 aliphatic heterocycles. The normalized spacial score (nSPS) is 14.5. The number of phosphoric acid groups is 2. The van der Waals surface area contributed by atoms with Gasteiger partial charge in [-0.25, -0.2) is 9.13 Å². The Bertz CT molecular complexity index is 1800. The van der Waals surface area contributed by atoms with Crippen LogP contribution in [0.1, 0.15) is 357 Å². The van der Waals surface area contributed by atoms with Crippen molar-refractivity contribution < 1.29 is 80.2 Å². The lowest BCUT2D eigenvalue weighted by Crippen LogP contribution is -2.30. The Balaban J connectivity index is 5.21. The Morgan fingerprint density at radius 3 is 0.780 bits per heavy atom. The molecule has 19 heteroatoms. The van der Waals surface area contributed by atoms with E-state index in [9.17, 15) is 43.2 Å². The summed E-state index contributed by atoms with van der Waals surface area (Å²) < 4.78 is 68.3. The summed E-state index contributed by atoms with van der Waals surface area (Å²) in [6.45, 7) is 14.1. The average Bonchev–Trinajstić information content (AvgIpc) is 2.95. The van der Waals surface area contributed by atoms with Crippen LogP contribution >= 0.6 is 15.6 Å². The van der Waals surface area contributed by atoms with Crippen LogP contribution in [0.2, 0.25) is 0 Å². The summed E-state index contributed by atoms with van der Waals surface area (Å²) in [5, 5.41) is 10.6. The fourth-order valence-electron chi connectivity index (χ4n) is 10.8. The number of carbonyl (C=O) groups excluding carboxylic acids is 4. The number of hydrogen-bond donors (Lipinski definition) is 3. The van der Waals surface area contributed by atoms with Crippen LogP contribution in [0.15, 0.2) is 0 Å². The first-order valence-corrected chi connectivity index (χ1v) is 40.2. The van der Waals surface area contributed by atoms with Crippen LogP contribution in [0, 0.1) is 23.7 Å². The second-order valence-electron chi connectivity index (χ2n) is 27.6. The Morgan fingerprint density at radius 2 is 0.527 bits per heavy atom. The van der Waals surface area contributed by atoms with E-state index in [4.69, 9.17) is 37.0 Å². The Labute approximate surface area is 556 Å². The fourth-order valence-corrected chi connectivity index (χ4v) is 12.4. The molecular formula is C72H140O17P2. The molecular weight excluding hydrogens is 1200 g/mol. The monoisotopic (exact) mass is 1340 g/mol. The van der Waals surface area contributed by atoms with Crippen LogP contribution in [-0.2, 0) is 65.4 Å². The molecule has 0 saturated carbocycles. The molecule has 0 aromatic heterocycles.